The fourth-order valence-electron chi connectivity index (χ4n) is 6.04. The summed E-state index contributed by atoms with van der Waals surface area (Å²) in [7, 11) is 0. The molecule has 0 amide bonds. The summed E-state index contributed by atoms with van der Waals surface area (Å²) in [5.74, 6) is 2.83. The molecule has 0 radical (unpaired) electrons. The van der Waals surface area contributed by atoms with Gasteiger partial charge in [0.05, 0.1) is 12.3 Å². The topological polar surface area (TPSA) is 58.8 Å². The van der Waals surface area contributed by atoms with Crippen LogP contribution in [0.4, 0.5) is 5.69 Å². The van der Waals surface area contributed by atoms with Crippen molar-refractivity contribution in [1.29, 1.82) is 0 Å². The fraction of sp³-hybridized carbons (Fsp3) is 0.731. The number of nitrogens with two attached hydrogens (primary N) is 1. The van der Waals surface area contributed by atoms with Gasteiger partial charge in [-0.05, 0) is 68.9 Å². The van der Waals surface area contributed by atoms with E-state index in [4.69, 9.17) is 10.5 Å². The van der Waals surface area contributed by atoms with Crippen LogP contribution < -0.4 is 10.5 Å². The molecule has 1 aromatic carbocycles. The molecule has 31 heavy (non-hydrogen) atoms. The molecule has 0 bridgehead atoms. The van der Waals surface area contributed by atoms with Crippen LogP contribution in [0.25, 0.3) is 0 Å². The third-order valence-electron chi connectivity index (χ3n) is 8.16. The summed E-state index contributed by atoms with van der Waals surface area (Å²) < 4.78 is 5.62. The highest BCUT2D eigenvalue weighted by Crippen LogP contribution is 2.36. The van der Waals surface area contributed by atoms with Gasteiger partial charge in [0.15, 0.2) is 5.78 Å². The van der Waals surface area contributed by atoms with E-state index in [2.05, 4.69) is 9.80 Å². The molecule has 0 aromatic heterocycles. The van der Waals surface area contributed by atoms with Crippen LogP contribution in [0.2, 0.25) is 0 Å². The molecule has 5 heteroatoms. The normalized spacial score (nSPS) is 27.1. The summed E-state index contributed by atoms with van der Waals surface area (Å²) in [6.07, 6.45) is 12.0. The number of piperazine rings is 1. The molecule has 2 aliphatic heterocycles. The number of rotatable bonds is 8. The van der Waals surface area contributed by atoms with Crippen LogP contribution in [0.1, 0.15) is 73.7 Å². The predicted octanol–water partition coefficient (Wildman–Crippen LogP) is 4.14. The molecule has 5 nitrogen and oxygen atoms in total. The summed E-state index contributed by atoms with van der Waals surface area (Å²) >= 11 is 0. The van der Waals surface area contributed by atoms with E-state index in [0.717, 1.165) is 47.6 Å². The van der Waals surface area contributed by atoms with E-state index in [-0.39, 0.29) is 5.78 Å². The zero-order chi connectivity index (χ0) is 21.2. The monoisotopic (exact) mass is 425 g/mol. The van der Waals surface area contributed by atoms with E-state index in [1.165, 1.54) is 77.7 Å². The number of fused-ring (bicyclic) bond motifs is 1. The minimum Gasteiger partial charge on any atom is -0.491 e. The standard InChI is InChI=1S/C26H39N3O2/c27-24-11-10-22(23-12-17-31-26(23)24)25(30)3-1-2-19-6-8-21(9-7-19)29-15-13-28(14-16-29)18-20-4-5-20/h10-11,19-21H,1-9,12-18,27H2. The second-order valence-corrected chi connectivity index (χ2v) is 10.4. The number of benzene rings is 1. The summed E-state index contributed by atoms with van der Waals surface area (Å²) in [4.78, 5) is 18.3. The first-order valence-corrected chi connectivity index (χ1v) is 12.7. The lowest BCUT2D eigenvalue weighted by Gasteiger charge is -2.42. The Labute approximate surface area is 187 Å². The average Bonchev–Trinajstić information content (AvgIpc) is 3.46. The Morgan fingerprint density at radius 1 is 1.00 bits per heavy atom. The van der Waals surface area contributed by atoms with Crippen molar-refractivity contribution in [3.63, 3.8) is 0 Å². The molecule has 170 valence electrons. The zero-order valence-corrected chi connectivity index (χ0v) is 19.0. The number of Topliss-reactive ketones (excluding diaryl/α,β-unsaturated/α-hetero) is 1. The van der Waals surface area contributed by atoms with Crippen molar-refractivity contribution >= 4 is 11.5 Å². The first-order valence-electron chi connectivity index (χ1n) is 12.7. The van der Waals surface area contributed by atoms with Gasteiger partial charge in [0, 0.05) is 62.7 Å². The second-order valence-electron chi connectivity index (χ2n) is 10.4. The lowest BCUT2D eigenvalue weighted by Crippen LogP contribution is -2.51. The number of ether oxygens (including phenoxy) is 1. The van der Waals surface area contributed by atoms with Crippen molar-refractivity contribution in [2.24, 2.45) is 11.8 Å². The number of nitrogen functional groups attached to an aromatic ring is 1. The van der Waals surface area contributed by atoms with Crippen molar-refractivity contribution in [3.05, 3.63) is 23.3 Å². The van der Waals surface area contributed by atoms with Crippen LogP contribution in [-0.2, 0) is 6.42 Å². The Morgan fingerprint density at radius 2 is 1.74 bits per heavy atom. The van der Waals surface area contributed by atoms with E-state index >= 15 is 0 Å². The number of nitrogens with zero attached hydrogens (tertiary/aromatic N) is 2. The van der Waals surface area contributed by atoms with Gasteiger partial charge in [-0.2, -0.15) is 0 Å². The lowest BCUT2D eigenvalue weighted by atomic mass is 9.82. The van der Waals surface area contributed by atoms with Crippen molar-refractivity contribution < 1.29 is 9.53 Å². The SMILES string of the molecule is Nc1ccc(C(=O)CCCC2CCC(N3CCN(CC4CC4)CC3)CC2)c2c1OCC2. The maximum atomic E-state index is 12.8. The van der Waals surface area contributed by atoms with E-state index in [0.29, 0.717) is 18.7 Å². The molecule has 0 atom stereocenters. The maximum absolute atomic E-state index is 12.8. The van der Waals surface area contributed by atoms with Crippen molar-refractivity contribution in [2.75, 3.05) is 45.1 Å². The molecular formula is C26H39N3O2. The number of anilines is 1. The van der Waals surface area contributed by atoms with Gasteiger partial charge in [0.25, 0.3) is 0 Å². The molecular weight excluding hydrogens is 386 g/mol. The Kier molecular flexibility index (Phi) is 6.51. The van der Waals surface area contributed by atoms with Gasteiger partial charge in [-0.3, -0.25) is 9.69 Å². The van der Waals surface area contributed by atoms with Crippen LogP contribution in [0.15, 0.2) is 12.1 Å². The molecule has 0 unspecified atom stereocenters. The smallest absolute Gasteiger partial charge is 0.163 e. The molecule has 2 saturated carbocycles. The Morgan fingerprint density at radius 3 is 2.48 bits per heavy atom. The molecule has 2 N–H and O–H groups in total. The fourth-order valence-corrected chi connectivity index (χ4v) is 6.04. The summed E-state index contributed by atoms with van der Waals surface area (Å²) in [5.41, 5.74) is 8.52. The van der Waals surface area contributed by atoms with Gasteiger partial charge in [-0.25, -0.2) is 0 Å². The van der Waals surface area contributed by atoms with Crippen molar-refractivity contribution in [1.82, 2.24) is 9.80 Å². The summed E-state index contributed by atoms with van der Waals surface area (Å²) in [6, 6.07) is 4.53. The van der Waals surface area contributed by atoms with Crippen LogP contribution >= 0.6 is 0 Å². The minimum absolute atomic E-state index is 0.263. The Hall–Kier alpha value is -1.59. The predicted molar refractivity (Wildman–Crippen MR) is 125 cm³/mol. The number of carbonyl (C=O) groups excluding carboxylic acids is 1. The van der Waals surface area contributed by atoms with Crippen molar-refractivity contribution in [2.45, 2.75) is 70.3 Å². The molecule has 5 rings (SSSR count). The Bertz CT molecular complexity index is 775. The van der Waals surface area contributed by atoms with Crippen LogP contribution in [0.5, 0.6) is 5.75 Å². The highest BCUT2D eigenvalue weighted by molar-refractivity contribution is 5.99. The van der Waals surface area contributed by atoms with Gasteiger partial charge in [0.2, 0.25) is 0 Å². The lowest BCUT2D eigenvalue weighted by molar-refractivity contribution is 0.0674. The number of hydrogen-bond donors (Lipinski definition) is 1. The zero-order valence-electron chi connectivity index (χ0n) is 19.0. The van der Waals surface area contributed by atoms with Gasteiger partial charge < -0.3 is 15.4 Å². The maximum Gasteiger partial charge on any atom is 0.163 e. The highest BCUT2D eigenvalue weighted by atomic mass is 16.5. The summed E-state index contributed by atoms with van der Waals surface area (Å²) in [5, 5.41) is 0. The minimum atomic E-state index is 0.263. The first kappa shape index (κ1) is 21.3. The molecule has 0 spiro atoms. The second kappa shape index (κ2) is 9.50. The van der Waals surface area contributed by atoms with Gasteiger partial charge in [-0.1, -0.05) is 6.42 Å². The third kappa shape index (κ3) is 5.09. The van der Waals surface area contributed by atoms with Gasteiger partial charge >= 0.3 is 0 Å². The molecule has 4 aliphatic rings. The first-order chi connectivity index (χ1) is 15.2. The van der Waals surface area contributed by atoms with E-state index in [1.54, 1.807) is 0 Å². The molecule has 2 heterocycles. The highest BCUT2D eigenvalue weighted by Gasteiger charge is 2.30. The van der Waals surface area contributed by atoms with E-state index < -0.39 is 0 Å². The molecule has 3 fully saturated rings. The largest absolute Gasteiger partial charge is 0.491 e. The number of carbonyl (C=O) groups is 1. The Balaban J connectivity index is 1.02. The van der Waals surface area contributed by atoms with E-state index in [1.807, 2.05) is 12.1 Å². The van der Waals surface area contributed by atoms with Crippen LogP contribution in [-0.4, -0.2) is 61.0 Å². The third-order valence-corrected chi connectivity index (χ3v) is 8.16. The van der Waals surface area contributed by atoms with Crippen LogP contribution in [0, 0.1) is 11.8 Å². The average molecular weight is 426 g/mol. The van der Waals surface area contributed by atoms with Gasteiger partial charge in [-0.15, -0.1) is 0 Å². The van der Waals surface area contributed by atoms with E-state index in [9.17, 15) is 4.79 Å². The van der Waals surface area contributed by atoms with Gasteiger partial charge in [0.1, 0.15) is 5.75 Å². The number of hydrogen-bond acceptors (Lipinski definition) is 5. The summed E-state index contributed by atoms with van der Waals surface area (Å²) in [6.45, 7) is 7.09. The van der Waals surface area contributed by atoms with Crippen LogP contribution in [0.3, 0.4) is 0 Å². The van der Waals surface area contributed by atoms with Crippen molar-refractivity contribution in [3.8, 4) is 5.75 Å². The molecule has 2 aliphatic carbocycles. The number of ketones is 1. The molecule has 1 aromatic rings. The quantitative estimate of drug-likeness (QED) is 0.501. The molecule has 1 saturated heterocycles.